The maximum atomic E-state index is 13.3. The van der Waals surface area contributed by atoms with Gasteiger partial charge in [0.25, 0.3) is 5.91 Å². The van der Waals surface area contributed by atoms with Gasteiger partial charge in [-0.2, -0.15) is 0 Å². The van der Waals surface area contributed by atoms with Crippen LogP contribution in [-0.2, 0) is 5.60 Å². The third-order valence-corrected chi connectivity index (χ3v) is 6.79. The van der Waals surface area contributed by atoms with Crippen molar-refractivity contribution in [2.24, 2.45) is 0 Å². The molecule has 1 aromatic heterocycles. The Morgan fingerprint density at radius 2 is 1.80 bits per heavy atom. The summed E-state index contributed by atoms with van der Waals surface area (Å²) in [5.41, 5.74) is 1.71. The lowest BCUT2D eigenvalue weighted by atomic mass is 9.80. The minimum Gasteiger partial charge on any atom is -0.454 e. The first-order chi connectivity index (χ1) is 14.5. The second-order valence-electron chi connectivity index (χ2n) is 8.76. The molecule has 1 N–H and O–H groups in total. The van der Waals surface area contributed by atoms with E-state index >= 15 is 0 Å². The van der Waals surface area contributed by atoms with Crippen LogP contribution < -0.4 is 9.47 Å². The van der Waals surface area contributed by atoms with Crippen molar-refractivity contribution in [2.45, 2.75) is 50.3 Å². The lowest BCUT2D eigenvalue weighted by Crippen LogP contribution is -2.51. The molecule has 0 aliphatic carbocycles. The van der Waals surface area contributed by atoms with Crippen LogP contribution in [0, 0.1) is 6.92 Å². The van der Waals surface area contributed by atoms with E-state index in [2.05, 4.69) is 0 Å². The van der Waals surface area contributed by atoms with Crippen LogP contribution in [0.5, 0.6) is 11.5 Å². The van der Waals surface area contributed by atoms with Gasteiger partial charge >= 0.3 is 0 Å². The zero-order chi connectivity index (χ0) is 20.5. The average molecular weight is 405 g/mol. The standard InChI is InChI=1S/C24H23NO5/c1-14-2-6-19-15(8-14)9-22(30-19)23(26)25-17-4-5-18(25)12-24(27,11-17)16-3-7-20-21(10-16)29-13-28-20/h2-3,6-10,17-18,27H,4-5,11-13H2,1H3. The van der Waals surface area contributed by atoms with Gasteiger partial charge in [0, 0.05) is 30.3 Å². The van der Waals surface area contributed by atoms with Gasteiger partial charge in [-0.3, -0.25) is 4.79 Å². The highest BCUT2D eigenvalue weighted by molar-refractivity contribution is 5.96. The van der Waals surface area contributed by atoms with Crippen molar-refractivity contribution in [3.63, 3.8) is 0 Å². The molecule has 6 heteroatoms. The van der Waals surface area contributed by atoms with Crippen molar-refractivity contribution in [2.75, 3.05) is 6.79 Å². The number of piperidine rings is 1. The molecular formula is C24H23NO5. The number of aryl methyl sites for hydroxylation is 1. The van der Waals surface area contributed by atoms with E-state index in [4.69, 9.17) is 13.9 Å². The van der Waals surface area contributed by atoms with Crippen LogP contribution in [0.25, 0.3) is 11.0 Å². The summed E-state index contributed by atoms with van der Waals surface area (Å²) in [5, 5.41) is 12.5. The quantitative estimate of drug-likeness (QED) is 0.694. The van der Waals surface area contributed by atoms with Gasteiger partial charge in [-0.25, -0.2) is 0 Å². The second-order valence-corrected chi connectivity index (χ2v) is 8.76. The highest BCUT2D eigenvalue weighted by atomic mass is 16.7. The van der Waals surface area contributed by atoms with Gasteiger partial charge < -0.3 is 23.9 Å². The first-order valence-corrected chi connectivity index (χ1v) is 10.5. The van der Waals surface area contributed by atoms with Gasteiger partial charge in [0.05, 0.1) is 5.60 Å². The lowest BCUT2D eigenvalue weighted by molar-refractivity contribution is -0.0486. The number of aliphatic hydroxyl groups is 1. The molecule has 2 aromatic carbocycles. The minimum absolute atomic E-state index is 0.0124. The van der Waals surface area contributed by atoms with E-state index in [0.29, 0.717) is 30.1 Å². The molecule has 2 saturated heterocycles. The van der Waals surface area contributed by atoms with E-state index in [1.807, 2.05) is 54.3 Å². The summed E-state index contributed by atoms with van der Waals surface area (Å²) >= 11 is 0. The fourth-order valence-corrected chi connectivity index (χ4v) is 5.37. The molecule has 0 radical (unpaired) electrons. The zero-order valence-corrected chi connectivity index (χ0v) is 16.8. The summed E-state index contributed by atoms with van der Waals surface area (Å²) in [4.78, 5) is 15.3. The highest BCUT2D eigenvalue weighted by Crippen LogP contribution is 2.48. The molecule has 6 nitrogen and oxygen atoms in total. The van der Waals surface area contributed by atoms with Gasteiger partial charge in [0.15, 0.2) is 17.3 Å². The lowest BCUT2D eigenvalue weighted by Gasteiger charge is -2.43. The van der Waals surface area contributed by atoms with Gasteiger partial charge in [-0.1, -0.05) is 17.7 Å². The summed E-state index contributed by atoms with van der Waals surface area (Å²) in [6, 6.07) is 13.4. The fourth-order valence-electron chi connectivity index (χ4n) is 5.37. The number of carbonyl (C=O) groups excluding carboxylic acids is 1. The third kappa shape index (κ3) is 2.63. The minimum atomic E-state index is -0.978. The van der Waals surface area contributed by atoms with E-state index in [-0.39, 0.29) is 24.8 Å². The first kappa shape index (κ1) is 17.8. The molecule has 0 saturated carbocycles. The summed E-state index contributed by atoms with van der Waals surface area (Å²) in [6.45, 7) is 2.23. The molecule has 2 fully saturated rings. The SMILES string of the molecule is Cc1ccc2oc(C(=O)N3C4CCC3CC(O)(c3ccc5c(c3)OCO5)C4)cc2c1. The van der Waals surface area contributed by atoms with Crippen molar-refractivity contribution in [3.05, 3.63) is 59.4 Å². The Labute approximate surface area is 174 Å². The predicted octanol–water partition coefficient (Wildman–Crippen LogP) is 4.12. The summed E-state index contributed by atoms with van der Waals surface area (Å²) in [5.74, 6) is 1.67. The van der Waals surface area contributed by atoms with Crippen LogP contribution in [0.15, 0.2) is 46.9 Å². The van der Waals surface area contributed by atoms with Crippen molar-refractivity contribution in [1.82, 2.24) is 4.90 Å². The Bertz CT molecular complexity index is 1150. The third-order valence-electron chi connectivity index (χ3n) is 6.79. The molecule has 3 aliphatic rings. The number of amides is 1. The number of rotatable bonds is 2. The molecule has 154 valence electrons. The van der Waals surface area contributed by atoms with Crippen LogP contribution in [-0.4, -0.2) is 34.8 Å². The molecular weight excluding hydrogens is 382 g/mol. The maximum absolute atomic E-state index is 13.3. The van der Waals surface area contributed by atoms with Gasteiger partial charge in [0.1, 0.15) is 5.58 Å². The van der Waals surface area contributed by atoms with Crippen LogP contribution in [0.2, 0.25) is 0 Å². The smallest absolute Gasteiger partial charge is 0.290 e. The number of benzene rings is 2. The monoisotopic (exact) mass is 405 g/mol. The number of hydrogen-bond donors (Lipinski definition) is 1. The molecule has 2 atom stereocenters. The molecule has 2 bridgehead atoms. The molecule has 3 aliphatic heterocycles. The van der Waals surface area contributed by atoms with Crippen molar-refractivity contribution in [1.29, 1.82) is 0 Å². The summed E-state index contributed by atoms with van der Waals surface area (Å²) < 4.78 is 16.7. The van der Waals surface area contributed by atoms with Gasteiger partial charge in [0.2, 0.25) is 6.79 Å². The second kappa shape index (κ2) is 6.25. The Morgan fingerprint density at radius 3 is 2.60 bits per heavy atom. The number of carbonyl (C=O) groups is 1. The van der Waals surface area contributed by atoms with E-state index in [0.717, 1.165) is 34.9 Å². The van der Waals surface area contributed by atoms with E-state index < -0.39 is 5.60 Å². The van der Waals surface area contributed by atoms with Crippen LogP contribution in [0.3, 0.4) is 0 Å². The van der Waals surface area contributed by atoms with Crippen molar-refractivity contribution >= 4 is 16.9 Å². The Kier molecular flexibility index (Phi) is 3.72. The average Bonchev–Trinajstić information content (AvgIpc) is 3.43. The largest absolute Gasteiger partial charge is 0.454 e. The highest BCUT2D eigenvalue weighted by Gasteiger charge is 2.50. The number of hydrogen-bond acceptors (Lipinski definition) is 5. The summed E-state index contributed by atoms with van der Waals surface area (Å²) in [7, 11) is 0. The van der Waals surface area contributed by atoms with E-state index in [9.17, 15) is 9.90 Å². The predicted molar refractivity (Wildman–Crippen MR) is 110 cm³/mol. The topological polar surface area (TPSA) is 72.1 Å². The van der Waals surface area contributed by atoms with Crippen LogP contribution in [0.4, 0.5) is 0 Å². The molecule has 30 heavy (non-hydrogen) atoms. The van der Waals surface area contributed by atoms with Crippen LogP contribution >= 0.6 is 0 Å². The molecule has 6 rings (SSSR count). The van der Waals surface area contributed by atoms with Crippen LogP contribution in [0.1, 0.15) is 47.4 Å². The first-order valence-electron chi connectivity index (χ1n) is 10.5. The number of fused-ring (bicyclic) bond motifs is 4. The Hall–Kier alpha value is -2.99. The van der Waals surface area contributed by atoms with Crippen molar-refractivity contribution < 1.29 is 23.8 Å². The molecule has 1 amide bonds. The van der Waals surface area contributed by atoms with E-state index in [1.54, 1.807) is 0 Å². The number of furan rings is 1. The molecule has 2 unspecified atom stereocenters. The molecule has 4 heterocycles. The molecule has 3 aromatic rings. The Morgan fingerprint density at radius 1 is 1.03 bits per heavy atom. The molecule has 0 spiro atoms. The Balaban J connectivity index is 1.29. The number of nitrogens with zero attached hydrogens (tertiary/aromatic N) is 1. The van der Waals surface area contributed by atoms with E-state index in [1.165, 1.54) is 0 Å². The normalized spacial score (nSPS) is 27.1. The zero-order valence-electron chi connectivity index (χ0n) is 16.8. The van der Waals surface area contributed by atoms with Gasteiger partial charge in [-0.15, -0.1) is 0 Å². The maximum Gasteiger partial charge on any atom is 0.290 e. The fraction of sp³-hybridized carbons (Fsp3) is 0.375. The van der Waals surface area contributed by atoms with Gasteiger partial charge in [-0.05, 0) is 55.7 Å². The summed E-state index contributed by atoms with van der Waals surface area (Å²) in [6.07, 6.45) is 2.80. The number of ether oxygens (including phenoxy) is 2. The van der Waals surface area contributed by atoms with Crippen molar-refractivity contribution in [3.8, 4) is 11.5 Å².